The van der Waals surface area contributed by atoms with E-state index < -0.39 is 16.0 Å². The summed E-state index contributed by atoms with van der Waals surface area (Å²) in [6.07, 6.45) is 0. The number of carbonyl (C=O) groups excluding carboxylic acids is 1. The molecule has 3 nitrogen and oxygen atoms in total. The Morgan fingerprint density at radius 1 is 1.14 bits per heavy atom. The van der Waals surface area contributed by atoms with Crippen molar-refractivity contribution in [1.82, 2.24) is 0 Å². The third kappa shape index (κ3) is 4.49. The molecule has 1 amide bonds. The summed E-state index contributed by atoms with van der Waals surface area (Å²) in [5.41, 5.74) is 1.42. The molecular formula is C16H16FNO2S. The minimum absolute atomic E-state index is 0.226. The van der Waals surface area contributed by atoms with E-state index in [9.17, 15) is 13.4 Å². The summed E-state index contributed by atoms with van der Waals surface area (Å²) in [6.45, 7) is 1.62. The van der Waals surface area contributed by atoms with Crippen molar-refractivity contribution in [2.75, 3.05) is 5.32 Å². The molecular weight excluding hydrogens is 289 g/mol. The van der Waals surface area contributed by atoms with Crippen LogP contribution in [0.5, 0.6) is 0 Å². The van der Waals surface area contributed by atoms with Crippen LogP contribution in [0.3, 0.4) is 0 Å². The highest BCUT2D eigenvalue weighted by atomic mass is 32.2. The second-order valence-electron chi connectivity index (χ2n) is 4.65. The number of para-hydroxylation sites is 1. The first-order valence-corrected chi connectivity index (χ1v) is 7.92. The van der Waals surface area contributed by atoms with Crippen LogP contribution in [-0.2, 0) is 21.3 Å². The molecule has 110 valence electrons. The monoisotopic (exact) mass is 305 g/mol. The molecule has 0 aliphatic carbocycles. The van der Waals surface area contributed by atoms with Gasteiger partial charge >= 0.3 is 0 Å². The fourth-order valence-corrected chi connectivity index (χ4v) is 2.82. The van der Waals surface area contributed by atoms with Crippen molar-refractivity contribution in [3.05, 3.63) is 66.0 Å². The molecule has 0 aliphatic rings. The van der Waals surface area contributed by atoms with Crippen LogP contribution < -0.4 is 5.32 Å². The van der Waals surface area contributed by atoms with Crippen molar-refractivity contribution >= 4 is 22.4 Å². The molecule has 0 aliphatic heterocycles. The lowest BCUT2D eigenvalue weighted by atomic mass is 10.2. The number of rotatable bonds is 5. The molecule has 2 aromatic rings. The number of benzene rings is 2. The molecule has 2 rings (SSSR count). The van der Waals surface area contributed by atoms with Crippen LogP contribution in [0.25, 0.3) is 0 Å². The fraction of sp³-hybridized carbons (Fsp3) is 0.188. The van der Waals surface area contributed by atoms with Crippen molar-refractivity contribution in [1.29, 1.82) is 0 Å². The lowest BCUT2D eigenvalue weighted by Crippen LogP contribution is -2.29. The third-order valence-electron chi connectivity index (χ3n) is 3.03. The average molecular weight is 305 g/mol. The number of amides is 1. The molecule has 5 heteroatoms. The number of halogens is 1. The Kier molecular flexibility index (Phi) is 5.22. The number of nitrogens with one attached hydrogen (secondary N) is 1. The van der Waals surface area contributed by atoms with E-state index in [-0.39, 0.29) is 17.5 Å². The van der Waals surface area contributed by atoms with E-state index >= 15 is 0 Å². The predicted octanol–water partition coefficient (Wildman–Crippen LogP) is 3.10. The predicted molar refractivity (Wildman–Crippen MR) is 82.8 cm³/mol. The summed E-state index contributed by atoms with van der Waals surface area (Å²) in [5.74, 6) is -0.398. The topological polar surface area (TPSA) is 46.2 Å². The molecule has 0 heterocycles. The van der Waals surface area contributed by atoms with E-state index in [1.54, 1.807) is 31.2 Å². The Morgan fingerprint density at radius 3 is 2.38 bits per heavy atom. The normalized spacial score (nSPS) is 13.4. The first-order valence-electron chi connectivity index (χ1n) is 6.54. The average Bonchev–Trinajstić information content (AvgIpc) is 2.49. The molecule has 0 aromatic heterocycles. The molecule has 0 saturated carbocycles. The molecule has 2 aromatic carbocycles. The van der Waals surface area contributed by atoms with Gasteiger partial charge in [-0.2, -0.15) is 0 Å². The third-order valence-corrected chi connectivity index (χ3v) is 4.65. The summed E-state index contributed by atoms with van der Waals surface area (Å²) in [6, 6.07) is 14.8. The SMILES string of the molecule is CC(C(=O)Nc1ccccc1)S(=O)Cc1ccc(F)cc1. The van der Waals surface area contributed by atoms with Crippen LogP contribution in [0.4, 0.5) is 10.1 Å². The molecule has 0 fully saturated rings. The maximum atomic E-state index is 12.8. The van der Waals surface area contributed by atoms with Crippen LogP contribution in [0, 0.1) is 5.82 Å². The molecule has 0 bridgehead atoms. The maximum Gasteiger partial charge on any atom is 0.239 e. The minimum atomic E-state index is -1.36. The van der Waals surface area contributed by atoms with E-state index in [1.165, 1.54) is 12.1 Å². The first kappa shape index (κ1) is 15.4. The van der Waals surface area contributed by atoms with Crippen LogP contribution >= 0.6 is 0 Å². The van der Waals surface area contributed by atoms with E-state index in [2.05, 4.69) is 5.32 Å². The Balaban J connectivity index is 1.95. The van der Waals surface area contributed by atoms with E-state index in [0.29, 0.717) is 5.69 Å². The highest BCUT2D eigenvalue weighted by Gasteiger charge is 2.20. The summed E-state index contributed by atoms with van der Waals surface area (Å²) in [7, 11) is -1.36. The van der Waals surface area contributed by atoms with Crippen molar-refractivity contribution in [3.63, 3.8) is 0 Å². The van der Waals surface area contributed by atoms with Gasteiger partial charge in [0.2, 0.25) is 5.91 Å². The Bertz CT molecular complexity index is 628. The van der Waals surface area contributed by atoms with Gasteiger partial charge in [0.15, 0.2) is 0 Å². The van der Waals surface area contributed by atoms with E-state index in [1.807, 2.05) is 18.2 Å². The second kappa shape index (κ2) is 7.13. The smallest absolute Gasteiger partial charge is 0.239 e. The van der Waals surface area contributed by atoms with Crippen molar-refractivity contribution in [2.24, 2.45) is 0 Å². The van der Waals surface area contributed by atoms with Crippen LogP contribution in [0.2, 0.25) is 0 Å². The largest absolute Gasteiger partial charge is 0.325 e. The highest BCUT2D eigenvalue weighted by Crippen LogP contribution is 2.11. The Labute approximate surface area is 125 Å². The maximum absolute atomic E-state index is 12.8. The molecule has 0 radical (unpaired) electrons. The van der Waals surface area contributed by atoms with Crippen LogP contribution in [0.15, 0.2) is 54.6 Å². The molecule has 2 unspecified atom stereocenters. The van der Waals surface area contributed by atoms with E-state index in [0.717, 1.165) is 5.56 Å². The number of carbonyl (C=O) groups is 1. The molecule has 2 atom stereocenters. The standard InChI is InChI=1S/C16H16FNO2S/c1-12(16(19)18-15-5-3-2-4-6-15)21(20)11-13-7-9-14(17)10-8-13/h2-10,12H,11H2,1H3,(H,18,19). The van der Waals surface area contributed by atoms with Crippen LogP contribution in [-0.4, -0.2) is 15.4 Å². The minimum Gasteiger partial charge on any atom is -0.325 e. The number of hydrogen-bond acceptors (Lipinski definition) is 2. The highest BCUT2D eigenvalue weighted by molar-refractivity contribution is 7.85. The van der Waals surface area contributed by atoms with Crippen LogP contribution in [0.1, 0.15) is 12.5 Å². The number of anilines is 1. The van der Waals surface area contributed by atoms with Gasteiger partial charge in [-0.05, 0) is 36.8 Å². The van der Waals surface area contributed by atoms with Crippen molar-refractivity contribution < 1.29 is 13.4 Å². The van der Waals surface area contributed by atoms with Gasteiger partial charge in [0, 0.05) is 22.2 Å². The molecule has 0 saturated heterocycles. The Morgan fingerprint density at radius 2 is 1.76 bits per heavy atom. The zero-order chi connectivity index (χ0) is 15.2. The summed E-state index contributed by atoms with van der Waals surface area (Å²) in [5, 5.41) is 2.08. The van der Waals surface area contributed by atoms with Gasteiger partial charge in [0.1, 0.15) is 11.1 Å². The van der Waals surface area contributed by atoms with Gasteiger partial charge in [-0.25, -0.2) is 4.39 Å². The fourth-order valence-electron chi connectivity index (χ4n) is 1.75. The van der Waals surface area contributed by atoms with Gasteiger partial charge in [0.05, 0.1) is 0 Å². The lowest BCUT2D eigenvalue weighted by molar-refractivity contribution is -0.115. The van der Waals surface area contributed by atoms with Crippen molar-refractivity contribution in [2.45, 2.75) is 17.9 Å². The molecule has 0 spiro atoms. The summed E-state index contributed by atoms with van der Waals surface area (Å²) < 4.78 is 25.0. The molecule has 21 heavy (non-hydrogen) atoms. The Hall–Kier alpha value is -2.01. The van der Waals surface area contributed by atoms with Gasteiger partial charge in [-0.3, -0.25) is 9.00 Å². The summed E-state index contributed by atoms with van der Waals surface area (Å²) >= 11 is 0. The zero-order valence-corrected chi connectivity index (χ0v) is 12.4. The quantitative estimate of drug-likeness (QED) is 0.922. The first-order chi connectivity index (χ1) is 10.1. The van der Waals surface area contributed by atoms with Crippen molar-refractivity contribution in [3.8, 4) is 0 Å². The van der Waals surface area contributed by atoms with Gasteiger partial charge in [-0.15, -0.1) is 0 Å². The van der Waals surface area contributed by atoms with E-state index in [4.69, 9.17) is 0 Å². The number of hydrogen-bond donors (Lipinski definition) is 1. The second-order valence-corrected chi connectivity index (χ2v) is 6.41. The lowest BCUT2D eigenvalue weighted by Gasteiger charge is -2.12. The molecule has 1 N–H and O–H groups in total. The summed E-state index contributed by atoms with van der Waals surface area (Å²) in [4.78, 5) is 12.0. The zero-order valence-electron chi connectivity index (χ0n) is 11.6. The van der Waals surface area contributed by atoms with Gasteiger partial charge < -0.3 is 5.32 Å². The van der Waals surface area contributed by atoms with Gasteiger partial charge in [-0.1, -0.05) is 30.3 Å². The van der Waals surface area contributed by atoms with Gasteiger partial charge in [0.25, 0.3) is 0 Å².